The highest BCUT2D eigenvalue weighted by atomic mass is 16.1. The third-order valence-corrected chi connectivity index (χ3v) is 4.52. The Kier molecular flexibility index (Phi) is 4.89. The fourth-order valence-electron chi connectivity index (χ4n) is 2.98. The summed E-state index contributed by atoms with van der Waals surface area (Å²) in [6, 6.07) is 13.1. The largest absolute Gasteiger partial charge is 0.322 e. The third kappa shape index (κ3) is 3.38. The normalized spacial score (nSPS) is 11.1. The van der Waals surface area contributed by atoms with Gasteiger partial charge in [0.25, 0.3) is 11.5 Å². The highest BCUT2D eigenvalue weighted by Crippen LogP contribution is 2.19. The van der Waals surface area contributed by atoms with Crippen LogP contribution in [0.25, 0.3) is 11.0 Å². The van der Waals surface area contributed by atoms with Gasteiger partial charge in [-0.05, 0) is 55.7 Å². The molecule has 5 heteroatoms. The molecule has 0 fully saturated rings. The molecule has 0 atom stereocenters. The molecular formula is C21H23N3O2. The van der Waals surface area contributed by atoms with Crippen molar-refractivity contribution in [3.63, 3.8) is 0 Å². The SMILES string of the molecule is CCn1c(=O)c(C)nc2cc(C(=O)Nc3ccc(C(C)C)cc3)ccc21. The Hall–Kier alpha value is -2.95. The molecule has 0 unspecified atom stereocenters. The minimum absolute atomic E-state index is 0.0950. The van der Waals surface area contributed by atoms with Crippen LogP contribution in [0.2, 0.25) is 0 Å². The van der Waals surface area contributed by atoms with Crippen molar-refractivity contribution in [3.05, 3.63) is 69.6 Å². The average molecular weight is 349 g/mol. The zero-order valence-electron chi connectivity index (χ0n) is 15.5. The van der Waals surface area contributed by atoms with Gasteiger partial charge < -0.3 is 9.88 Å². The zero-order valence-corrected chi connectivity index (χ0v) is 15.5. The van der Waals surface area contributed by atoms with Gasteiger partial charge in [0.15, 0.2) is 0 Å². The summed E-state index contributed by atoms with van der Waals surface area (Å²) in [6.45, 7) is 8.44. The quantitative estimate of drug-likeness (QED) is 0.771. The van der Waals surface area contributed by atoms with Gasteiger partial charge in [0, 0.05) is 17.8 Å². The van der Waals surface area contributed by atoms with E-state index in [1.807, 2.05) is 31.2 Å². The zero-order chi connectivity index (χ0) is 18.8. The molecule has 0 spiro atoms. The smallest absolute Gasteiger partial charge is 0.272 e. The average Bonchev–Trinajstić information content (AvgIpc) is 2.63. The van der Waals surface area contributed by atoms with Crippen LogP contribution in [0.4, 0.5) is 5.69 Å². The molecule has 2 aromatic carbocycles. The van der Waals surface area contributed by atoms with Crippen molar-refractivity contribution in [3.8, 4) is 0 Å². The molecule has 0 saturated heterocycles. The van der Waals surface area contributed by atoms with Crippen LogP contribution in [0.5, 0.6) is 0 Å². The first-order valence-corrected chi connectivity index (χ1v) is 8.83. The van der Waals surface area contributed by atoms with Crippen LogP contribution in [-0.4, -0.2) is 15.5 Å². The summed E-state index contributed by atoms with van der Waals surface area (Å²) in [5.74, 6) is 0.253. The number of carbonyl (C=O) groups excluding carboxylic acids is 1. The van der Waals surface area contributed by atoms with Gasteiger partial charge in [0.05, 0.1) is 11.0 Å². The fourth-order valence-corrected chi connectivity index (χ4v) is 2.98. The topological polar surface area (TPSA) is 64.0 Å². The van der Waals surface area contributed by atoms with Crippen molar-refractivity contribution >= 4 is 22.6 Å². The predicted molar refractivity (Wildman–Crippen MR) is 105 cm³/mol. The summed E-state index contributed by atoms with van der Waals surface area (Å²) in [5.41, 5.74) is 4.21. The summed E-state index contributed by atoms with van der Waals surface area (Å²) >= 11 is 0. The summed E-state index contributed by atoms with van der Waals surface area (Å²) < 4.78 is 1.67. The number of nitrogens with one attached hydrogen (secondary N) is 1. The van der Waals surface area contributed by atoms with Gasteiger partial charge in [0.2, 0.25) is 0 Å². The van der Waals surface area contributed by atoms with Crippen LogP contribution in [0, 0.1) is 6.92 Å². The Bertz CT molecular complexity index is 1020. The van der Waals surface area contributed by atoms with Gasteiger partial charge in [-0.2, -0.15) is 0 Å². The van der Waals surface area contributed by atoms with Crippen LogP contribution in [0.15, 0.2) is 47.3 Å². The van der Waals surface area contributed by atoms with E-state index in [0.29, 0.717) is 29.2 Å². The molecule has 0 saturated carbocycles. The van der Waals surface area contributed by atoms with E-state index in [4.69, 9.17) is 0 Å². The van der Waals surface area contributed by atoms with Gasteiger partial charge >= 0.3 is 0 Å². The van der Waals surface area contributed by atoms with Crippen LogP contribution in [-0.2, 0) is 6.54 Å². The van der Waals surface area contributed by atoms with E-state index >= 15 is 0 Å². The first-order chi connectivity index (χ1) is 12.4. The molecule has 1 aromatic heterocycles. The molecule has 26 heavy (non-hydrogen) atoms. The van der Waals surface area contributed by atoms with Gasteiger partial charge in [-0.1, -0.05) is 26.0 Å². The van der Waals surface area contributed by atoms with E-state index < -0.39 is 0 Å². The molecule has 3 aromatic rings. The number of fused-ring (bicyclic) bond motifs is 1. The number of nitrogens with zero attached hydrogens (tertiary/aromatic N) is 2. The Morgan fingerprint density at radius 2 is 1.85 bits per heavy atom. The third-order valence-electron chi connectivity index (χ3n) is 4.52. The van der Waals surface area contributed by atoms with Crippen LogP contribution < -0.4 is 10.9 Å². The number of amides is 1. The minimum Gasteiger partial charge on any atom is -0.322 e. The lowest BCUT2D eigenvalue weighted by Crippen LogP contribution is -2.23. The number of aromatic nitrogens is 2. The van der Waals surface area contributed by atoms with Crippen LogP contribution >= 0.6 is 0 Å². The Balaban J connectivity index is 1.91. The number of rotatable bonds is 4. The maximum atomic E-state index is 12.6. The molecule has 0 aliphatic carbocycles. The maximum Gasteiger partial charge on any atom is 0.272 e. The first kappa shape index (κ1) is 17.9. The number of hydrogen-bond donors (Lipinski definition) is 1. The van der Waals surface area contributed by atoms with Crippen molar-refractivity contribution in [1.82, 2.24) is 9.55 Å². The van der Waals surface area contributed by atoms with Gasteiger partial charge in [0.1, 0.15) is 5.69 Å². The number of anilines is 1. The van der Waals surface area contributed by atoms with Crippen molar-refractivity contribution in [1.29, 1.82) is 0 Å². The summed E-state index contributed by atoms with van der Waals surface area (Å²) in [6.07, 6.45) is 0. The molecule has 3 rings (SSSR count). The van der Waals surface area contributed by atoms with E-state index in [2.05, 4.69) is 24.1 Å². The molecule has 0 aliphatic heterocycles. The molecule has 0 bridgehead atoms. The number of aryl methyl sites for hydroxylation is 2. The summed E-state index contributed by atoms with van der Waals surface area (Å²) in [4.78, 5) is 29.1. The van der Waals surface area contributed by atoms with Gasteiger partial charge in [-0.25, -0.2) is 4.98 Å². The fraction of sp³-hybridized carbons (Fsp3) is 0.286. The molecule has 1 N–H and O–H groups in total. The Morgan fingerprint density at radius 1 is 1.15 bits per heavy atom. The second kappa shape index (κ2) is 7.12. The van der Waals surface area contributed by atoms with Crippen LogP contribution in [0.1, 0.15) is 48.3 Å². The molecule has 0 aliphatic rings. The lowest BCUT2D eigenvalue weighted by atomic mass is 10.0. The minimum atomic E-state index is -0.196. The maximum absolute atomic E-state index is 12.6. The Labute approximate surface area is 152 Å². The highest BCUT2D eigenvalue weighted by molar-refractivity contribution is 6.05. The van der Waals surface area contributed by atoms with Gasteiger partial charge in [-0.15, -0.1) is 0 Å². The highest BCUT2D eigenvalue weighted by Gasteiger charge is 2.11. The molecule has 1 amide bonds. The van der Waals surface area contributed by atoms with Crippen molar-refractivity contribution < 1.29 is 4.79 Å². The van der Waals surface area contributed by atoms with E-state index in [1.165, 1.54) is 5.56 Å². The predicted octanol–water partition coefficient (Wildman–Crippen LogP) is 4.10. The van der Waals surface area contributed by atoms with Crippen molar-refractivity contribution in [2.75, 3.05) is 5.32 Å². The second-order valence-corrected chi connectivity index (χ2v) is 6.68. The van der Waals surface area contributed by atoms with E-state index in [9.17, 15) is 9.59 Å². The standard InChI is InChI=1S/C21H23N3O2/c1-5-24-19-11-8-16(12-18(19)22-14(4)21(24)26)20(25)23-17-9-6-15(7-10-17)13(2)3/h6-13H,5H2,1-4H3,(H,23,25). The number of benzene rings is 2. The van der Waals surface area contributed by atoms with Crippen LogP contribution in [0.3, 0.4) is 0 Å². The van der Waals surface area contributed by atoms with Gasteiger partial charge in [-0.3, -0.25) is 9.59 Å². The molecular weight excluding hydrogens is 326 g/mol. The lowest BCUT2D eigenvalue weighted by molar-refractivity contribution is 0.102. The number of carbonyl (C=O) groups is 1. The summed E-state index contributed by atoms with van der Waals surface area (Å²) in [7, 11) is 0. The molecule has 134 valence electrons. The van der Waals surface area contributed by atoms with E-state index in [0.717, 1.165) is 11.2 Å². The van der Waals surface area contributed by atoms with Crippen molar-refractivity contribution in [2.24, 2.45) is 0 Å². The lowest BCUT2D eigenvalue weighted by Gasteiger charge is -2.11. The van der Waals surface area contributed by atoms with E-state index in [1.54, 1.807) is 29.7 Å². The van der Waals surface area contributed by atoms with Crippen molar-refractivity contribution in [2.45, 2.75) is 40.2 Å². The first-order valence-electron chi connectivity index (χ1n) is 8.83. The second-order valence-electron chi connectivity index (χ2n) is 6.68. The molecule has 5 nitrogen and oxygen atoms in total. The number of hydrogen-bond acceptors (Lipinski definition) is 3. The molecule has 1 heterocycles. The summed E-state index contributed by atoms with van der Waals surface area (Å²) in [5, 5.41) is 2.91. The van der Waals surface area contributed by atoms with E-state index in [-0.39, 0.29) is 11.5 Å². The molecule has 0 radical (unpaired) electrons. The Morgan fingerprint density at radius 3 is 2.46 bits per heavy atom. The monoisotopic (exact) mass is 349 g/mol.